The van der Waals surface area contributed by atoms with Crippen LogP contribution in [0.25, 0.3) is 16.7 Å². The van der Waals surface area contributed by atoms with Gasteiger partial charge in [0.1, 0.15) is 6.33 Å². The number of benzene rings is 2. The molecule has 0 saturated heterocycles. The molecule has 0 unspecified atom stereocenters. The predicted octanol–water partition coefficient (Wildman–Crippen LogP) is 3.66. The Morgan fingerprint density at radius 1 is 1.07 bits per heavy atom. The van der Waals surface area contributed by atoms with E-state index >= 15 is 0 Å². The van der Waals surface area contributed by atoms with Crippen LogP contribution < -0.4 is 5.32 Å². The van der Waals surface area contributed by atoms with Gasteiger partial charge in [-0.2, -0.15) is 5.10 Å². The number of nitrogens with zero attached hydrogens (tertiary/aromatic N) is 4. The molecule has 0 atom stereocenters. The first-order chi connectivity index (χ1) is 13.6. The van der Waals surface area contributed by atoms with Gasteiger partial charge in [-0.05, 0) is 62.7 Å². The van der Waals surface area contributed by atoms with Gasteiger partial charge >= 0.3 is 0 Å². The molecule has 2 heterocycles. The summed E-state index contributed by atoms with van der Waals surface area (Å²) in [5, 5.41) is 7.42. The zero-order valence-corrected chi connectivity index (χ0v) is 16.1. The third-order valence-electron chi connectivity index (χ3n) is 4.80. The molecular formula is C22H23N5O. The van der Waals surface area contributed by atoms with Gasteiger partial charge in [-0.15, -0.1) is 0 Å². The summed E-state index contributed by atoms with van der Waals surface area (Å²) in [7, 11) is 0. The van der Waals surface area contributed by atoms with Crippen molar-refractivity contribution in [3.8, 4) is 5.69 Å². The summed E-state index contributed by atoms with van der Waals surface area (Å²) in [6.07, 6.45) is 2.64. The number of aryl methyl sites for hydroxylation is 3. The van der Waals surface area contributed by atoms with Crippen LogP contribution in [0, 0.1) is 13.8 Å². The normalized spacial score (nSPS) is 11.1. The topological polar surface area (TPSA) is 64.7 Å². The fourth-order valence-corrected chi connectivity index (χ4v) is 3.37. The van der Waals surface area contributed by atoms with Crippen molar-refractivity contribution in [2.45, 2.75) is 26.8 Å². The lowest BCUT2D eigenvalue weighted by atomic mass is 10.2. The Morgan fingerprint density at radius 3 is 2.61 bits per heavy atom. The molecule has 2 aromatic heterocycles. The molecule has 28 heavy (non-hydrogen) atoms. The number of carbonyl (C=O) groups is 1. The van der Waals surface area contributed by atoms with Gasteiger partial charge in [0, 0.05) is 30.0 Å². The number of fused-ring (bicyclic) bond motifs is 1. The van der Waals surface area contributed by atoms with Gasteiger partial charge in [-0.3, -0.25) is 14.0 Å². The average molecular weight is 373 g/mol. The van der Waals surface area contributed by atoms with E-state index in [1.54, 1.807) is 6.33 Å². The lowest BCUT2D eigenvalue weighted by Crippen LogP contribution is -2.25. The van der Waals surface area contributed by atoms with Crippen LogP contribution in [0.1, 0.15) is 28.2 Å². The van der Waals surface area contributed by atoms with Gasteiger partial charge in [0.15, 0.2) is 0 Å². The Bertz CT molecular complexity index is 1110. The van der Waals surface area contributed by atoms with E-state index in [9.17, 15) is 4.79 Å². The van der Waals surface area contributed by atoms with Gasteiger partial charge in [-0.1, -0.05) is 12.1 Å². The summed E-state index contributed by atoms with van der Waals surface area (Å²) >= 11 is 0. The molecule has 1 amide bonds. The molecule has 6 nitrogen and oxygen atoms in total. The summed E-state index contributed by atoms with van der Waals surface area (Å²) in [6.45, 7) is 5.45. The molecule has 0 aliphatic heterocycles. The first-order valence-corrected chi connectivity index (χ1v) is 9.43. The van der Waals surface area contributed by atoms with E-state index in [1.165, 1.54) is 0 Å². The molecule has 0 spiro atoms. The number of hydrogen-bond acceptors (Lipinski definition) is 3. The molecule has 0 aliphatic carbocycles. The summed E-state index contributed by atoms with van der Waals surface area (Å²) in [5.41, 5.74) is 5.79. The van der Waals surface area contributed by atoms with E-state index in [0.29, 0.717) is 12.1 Å². The first-order valence-electron chi connectivity index (χ1n) is 9.43. The molecule has 0 saturated carbocycles. The van der Waals surface area contributed by atoms with Crippen molar-refractivity contribution in [2.75, 3.05) is 6.54 Å². The Morgan fingerprint density at radius 2 is 1.86 bits per heavy atom. The van der Waals surface area contributed by atoms with E-state index in [0.717, 1.165) is 41.1 Å². The summed E-state index contributed by atoms with van der Waals surface area (Å²) in [6, 6.07) is 17.6. The van der Waals surface area contributed by atoms with Gasteiger partial charge < -0.3 is 5.32 Å². The molecule has 0 bridgehead atoms. The number of rotatable bonds is 6. The zero-order chi connectivity index (χ0) is 19.5. The molecule has 4 aromatic rings. The van der Waals surface area contributed by atoms with Gasteiger partial charge in [0.25, 0.3) is 5.91 Å². The minimum absolute atomic E-state index is 0.0598. The van der Waals surface area contributed by atoms with Crippen LogP contribution in [-0.2, 0) is 6.54 Å². The zero-order valence-electron chi connectivity index (χ0n) is 16.1. The highest BCUT2D eigenvalue weighted by molar-refractivity contribution is 5.94. The van der Waals surface area contributed by atoms with Crippen molar-refractivity contribution in [3.63, 3.8) is 0 Å². The maximum atomic E-state index is 12.4. The molecule has 0 radical (unpaired) electrons. The predicted molar refractivity (Wildman–Crippen MR) is 110 cm³/mol. The number of nitrogens with one attached hydrogen (secondary N) is 1. The molecule has 0 aliphatic rings. The summed E-state index contributed by atoms with van der Waals surface area (Å²) < 4.78 is 4.00. The highest BCUT2D eigenvalue weighted by atomic mass is 16.1. The second kappa shape index (κ2) is 7.68. The molecule has 4 rings (SSSR count). The van der Waals surface area contributed by atoms with E-state index in [4.69, 9.17) is 0 Å². The lowest BCUT2D eigenvalue weighted by Gasteiger charge is -2.08. The number of aromatic nitrogens is 4. The first kappa shape index (κ1) is 18.0. The Balaban J connectivity index is 1.35. The van der Waals surface area contributed by atoms with Crippen LogP contribution in [0.15, 0.2) is 60.9 Å². The van der Waals surface area contributed by atoms with Crippen molar-refractivity contribution in [1.29, 1.82) is 0 Å². The Hall–Kier alpha value is -3.41. The SMILES string of the molecule is Cc1cc(C)n(CCCNC(=O)c2ccc(-n3cnc4ccccc43)cc2)n1. The van der Waals surface area contributed by atoms with Crippen LogP contribution in [0.3, 0.4) is 0 Å². The second-order valence-electron chi connectivity index (χ2n) is 6.91. The third-order valence-corrected chi connectivity index (χ3v) is 4.80. The number of hydrogen-bond donors (Lipinski definition) is 1. The van der Waals surface area contributed by atoms with Crippen molar-refractivity contribution < 1.29 is 4.79 Å². The Kier molecular flexibility index (Phi) is 4.93. The van der Waals surface area contributed by atoms with Gasteiger partial charge in [-0.25, -0.2) is 4.98 Å². The molecule has 0 fully saturated rings. The van der Waals surface area contributed by atoms with E-state index in [-0.39, 0.29) is 5.91 Å². The maximum absolute atomic E-state index is 12.4. The van der Waals surface area contributed by atoms with E-state index in [2.05, 4.69) is 21.5 Å². The van der Waals surface area contributed by atoms with Crippen LogP contribution >= 0.6 is 0 Å². The molecule has 6 heteroatoms. The van der Waals surface area contributed by atoms with E-state index in [1.807, 2.05) is 71.6 Å². The average Bonchev–Trinajstić information content (AvgIpc) is 3.28. The fourth-order valence-electron chi connectivity index (χ4n) is 3.37. The van der Waals surface area contributed by atoms with Crippen molar-refractivity contribution in [1.82, 2.24) is 24.6 Å². The molecular weight excluding hydrogens is 350 g/mol. The number of carbonyl (C=O) groups excluding carboxylic acids is 1. The minimum atomic E-state index is -0.0598. The number of imidazole rings is 1. The van der Waals surface area contributed by atoms with Crippen molar-refractivity contribution in [2.24, 2.45) is 0 Å². The Labute approximate surface area is 163 Å². The second-order valence-corrected chi connectivity index (χ2v) is 6.91. The largest absolute Gasteiger partial charge is 0.352 e. The van der Waals surface area contributed by atoms with Gasteiger partial charge in [0.05, 0.1) is 16.7 Å². The summed E-state index contributed by atoms with van der Waals surface area (Å²) in [5.74, 6) is -0.0598. The molecule has 1 N–H and O–H groups in total. The van der Waals surface area contributed by atoms with Crippen LogP contribution in [0.4, 0.5) is 0 Å². The molecule has 142 valence electrons. The number of para-hydroxylation sites is 2. The van der Waals surface area contributed by atoms with Gasteiger partial charge in [0.2, 0.25) is 0 Å². The lowest BCUT2D eigenvalue weighted by molar-refractivity contribution is 0.0952. The molecule has 2 aromatic carbocycles. The maximum Gasteiger partial charge on any atom is 0.251 e. The van der Waals surface area contributed by atoms with Crippen LogP contribution in [0.5, 0.6) is 0 Å². The fraction of sp³-hybridized carbons (Fsp3) is 0.227. The van der Waals surface area contributed by atoms with Crippen molar-refractivity contribution in [3.05, 3.63) is 77.9 Å². The minimum Gasteiger partial charge on any atom is -0.352 e. The number of amides is 1. The highest BCUT2D eigenvalue weighted by Gasteiger charge is 2.08. The smallest absolute Gasteiger partial charge is 0.251 e. The van der Waals surface area contributed by atoms with Crippen molar-refractivity contribution >= 4 is 16.9 Å². The third kappa shape index (κ3) is 3.67. The van der Waals surface area contributed by atoms with Crippen LogP contribution in [-0.4, -0.2) is 31.8 Å². The highest BCUT2D eigenvalue weighted by Crippen LogP contribution is 2.18. The summed E-state index contributed by atoms with van der Waals surface area (Å²) in [4.78, 5) is 16.8. The van der Waals surface area contributed by atoms with Crippen LogP contribution in [0.2, 0.25) is 0 Å². The quantitative estimate of drug-likeness (QED) is 0.525. The van der Waals surface area contributed by atoms with E-state index < -0.39 is 0 Å². The monoisotopic (exact) mass is 373 g/mol. The standard InChI is InChI=1S/C22H23N5O/c1-16-14-17(2)27(25-16)13-5-12-23-22(28)18-8-10-19(11-9-18)26-15-24-20-6-3-4-7-21(20)26/h3-4,6-11,14-15H,5,12-13H2,1-2H3,(H,23,28).